The second-order valence-corrected chi connectivity index (χ2v) is 7.07. The van der Waals surface area contributed by atoms with E-state index in [1.165, 1.54) is 0 Å². The molecule has 28 heavy (non-hydrogen) atoms. The van der Waals surface area contributed by atoms with Gasteiger partial charge in [-0.2, -0.15) is 0 Å². The maximum absolute atomic E-state index is 12.0. The molecule has 0 radical (unpaired) electrons. The van der Waals surface area contributed by atoms with Crippen LogP contribution in [0.25, 0.3) is 0 Å². The van der Waals surface area contributed by atoms with Gasteiger partial charge in [-0.1, -0.05) is 42.5 Å². The van der Waals surface area contributed by atoms with Gasteiger partial charge in [-0.05, 0) is 42.5 Å². The minimum Gasteiger partial charge on any atom is -0.478 e. The van der Waals surface area contributed by atoms with Crippen molar-refractivity contribution in [2.75, 3.05) is 19.6 Å². The van der Waals surface area contributed by atoms with Crippen molar-refractivity contribution in [3.05, 3.63) is 71.3 Å². The van der Waals surface area contributed by atoms with E-state index >= 15 is 0 Å². The minimum atomic E-state index is -0.900. The van der Waals surface area contributed by atoms with Crippen molar-refractivity contribution < 1.29 is 19.4 Å². The highest BCUT2D eigenvalue weighted by molar-refractivity contribution is 5.87. The van der Waals surface area contributed by atoms with Gasteiger partial charge in [-0.3, -0.25) is 0 Å². The molecule has 6 nitrogen and oxygen atoms in total. The third-order valence-corrected chi connectivity index (χ3v) is 5.04. The smallest absolute Gasteiger partial charge is 0.407 e. The number of nitrogens with zero attached hydrogens (tertiary/aromatic N) is 1. The summed E-state index contributed by atoms with van der Waals surface area (Å²) in [7, 11) is 0. The lowest BCUT2D eigenvalue weighted by Crippen LogP contribution is -2.45. The van der Waals surface area contributed by atoms with Crippen LogP contribution in [-0.2, 0) is 17.8 Å². The molecule has 1 amide bonds. The van der Waals surface area contributed by atoms with Crippen LogP contribution in [0.1, 0.15) is 34.3 Å². The fraction of sp³-hybridized carbons (Fsp3) is 0.364. The molecule has 0 atom stereocenters. The molecule has 1 saturated heterocycles. The molecule has 0 spiro atoms. The molecule has 1 fully saturated rings. The van der Waals surface area contributed by atoms with Crippen LogP contribution in [0.4, 0.5) is 4.79 Å². The molecular formula is C22H26N2O4. The highest BCUT2D eigenvalue weighted by Gasteiger charge is 2.21. The van der Waals surface area contributed by atoms with E-state index in [9.17, 15) is 9.59 Å². The number of carbonyl (C=O) groups excluding carboxylic acids is 1. The number of benzene rings is 2. The predicted molar refractivity (Wildman–Crippen MR) is 106 cm³/mol. The van der Waals surface area contributed by atoms with Crippen LogP contribution in [0.2, 0.25) is 0 Å². The Morgan fingerprint density at radius 2 is 1.68 bits per heavy atom. The second kappa shape index (κ2) is 9.90. The fourth-order valence-electron chi connectivity index (χ4n) is 3.33. The quantitative estimate of drug-likeness (QED) is 0.768. The number of carbonyl (C=O) groups is 2. The molecule has 0 unspecified atom stereocenters. The number of hydrogen-bond acceptors (Lipinski definition) is 4. The van der Waals surface area contributed by atoms with Gasteiger partial charge < -0.3 is 20.1 Å². The summed E-state index contributed by atoms with van der Waals surface area (Å²) < 4.78 is 5.28. The number of carboxylic acid groups (broad SMARTS) is 1. The average Bonchev–Trinajstić information content (AvgIpc) is 2.73. The lowest BCUT2D eigenvalue weighted by atomic mass is 10.0. The van der Waals surface area contributed by atoms with E-state index in [2.05, 4.69) is 10.2 Å². The largest absolute Gasteiger partial charge is 0.478 e. The van der Waals surface area contributed by atoms with Gasteiger partial charge in [-0.25, -0.2) is 9.59 Å². The number of hydrogen-bond donors (Lipinski definition) is 2. The molecule has 2 aromatic rings. The second-order valence-electron chi connectivity index (χ2n) is 7.07. The van der Waals surface area contributed by atoms with E-state index in [-0.39, 0.29) is 18.7 Å². The number of rotatable bonds is 7. The Bertz CT molecular complexity index is 769. The molecule has 2 N–H and O–H groups in total. The Labute approximate surface area is 165 Å². The standard InChI is InChI=1S/C22H26N2O4/c25-21(26)19-8-6-17(7-9-19)10-13-24-14-11-20(12-15-24)23-22(27)28-16-18-4-2-1-3-5-18/h1-9,20H,10-16H2,(H,23,27)(H,25,26). The average molecular weight is 382 g/mol. The molecule has 0 bridgehead atoms. The highest BCUT2D eigenvalue weighted by atomic mass is 16.5. The van der Waals surface area contributed by atoms with E-state index in [0.717, 1.165) is 50.0 Å². The van der Waals surface area contributed by atoms with E-state index in [1.807, 2.05) is 42.5 Å². The fourth-order valence-corrected chi connectivity index (χ4v) is 3.33. The summed E-state index contributed by atoms with van der Waals surface area (Å²) in [4.78, 5) is 25.2. The van der Waals surface area contributed by atoms with Crippen LogP contribution >= 0.6 is 0 Å². The number of nitrogens with one attached hydrogen (secondary N) is 1. The molecule has 1 aliphatic rings. The third kappa shape index (κ3) is 6.09. The van der Waals surface area contributed by atoms with Crippen LogP contribution in [0.3, 0.4) is 0 Å². The maximum Gasteiger partial charge on any atom is 0.407 e. The Morgan fingerprint density at radius 1 is 1.00 bits per heavy atom. The molecular weight excluding hydrogens is 356 g/mol. The summed E-state index contributed by atoms with van der Waals surface area (Å²) in [5.41, 5.74) is 2.42. The van der Waals surface area contributed by atoms with Crippen molar-refractivity contribution >= 4 is 12.1 Å². The first kappa shape index (κ1) is 19.9. The Hall–Kier alpha value is -2.86. The molecule has 148 valence electrons. The van der Waals surface area contributed by atoms with Gasteiger partial charge in [0.25, 0.3) is 0 Å². The van der Waals surface area contributed by atoms with E-state index in [0.29, 0.717) is 5.56 Å². The summed E-state index contributed by atoms with van der Waals surface area (Å²) in [6.07, 6.45) is 2.33. The zero-order chi connectivity index (χ0) is 19.8. The number of amides is 1. The van der Waals surface area contributed by atoms with Gasteiger partial charge in [0.15, 0.2) is 0 Å². The first-order valence-corrected chi connectivity index (χ1v) is 9.62. The van der Waals surface area contributed by atoms with Gasteiger partial charge in [0.05, 0.1) is 5.56 Å². The van der Waals surface area contributed by atoms with Gasteiger partial charge in [0, 0.05) is 25.7 Å². The molecule has 1 heterocycles. The van der Waals surface area contributed by atoms with Crippen LogP contribution < -0.4 is 5.32 Å². The van der Waals surface area contributed by atoms with E-state index in [1.54, 1.807) is 12.1 Å². The topological polar surface area (TPSA) is 78.9 Å². The van der Waals surface area contributed by atoms with E-state index < -0.39 is 5.97 Å². The van der Waals surface area contributed by atoms with Gasteiger partial charge in [0.1, 0.15) is 6.61 Å². The Morgan fingerprint density at radius 3 is 2.32 bits per heavy atom. The number of aromatic carboxylic acids is 1. The molecule has 6 heteroatoms. The Balaban J connectivity index is 1.33. The van der Waals surface area contributed by atoms with Crippen molar-refractivity contribution in [1.82, 2.24) is 10.2 Å². The first-order chi connectivity index (χ1) is 13.6. The minimum absolute atomic E-state index is 0.148. The number of likely N-dealkylation sites (tertiary alicyclic amines) is 1. The molecule has 0 saturated carbocycles. The molecule has 0 aliphatic carbocycles. The highest BCUT2D eigenvalue weighted by Crippen LogP contribution is 2.13. The normalized spacial score (nSPS) is 15.1. The third-order valence-electron chi connectivity index (χ3n) is 5.04. The van der Waals surface area contributed by atoms with Gasteiger partial charge >= 0.3 is 12.1 Å². The van der Waals surface area contributed by atoms with Crippen LogP contribution in [0, 0.1) is 0 Å². The molecule has 3 rings (SSSR count). The maximum atomic E-state index is 12.0. The lowest BCUT2D eigenvalue weighted by molar-refractivity contribution is 0.0696. The first-order valence-electron chi connectivity index (χ1n) is 9.62. The summed E-state index contributed by atoms with van der Waals surface area (Å²) in [6.45, 7) is 3.07. The SMILES string of the molecule is O=C(NC1CCN(CCc2ccc(C(=O)O)cc2)CC1)OCc1ccccc1. The van der Waals surface area contributed by atoms with Crippen molar-refractivity contribution in [2.24, 2.45) is 0 Å². The summed E-state index contributed by atoms with van der Waals surface area (Å²) in [6, 6.07) is 16.8. The Kier molecular flexibility index (Phi) is 7.03. The number of carboxylic acids is 1. The zero-order valence-corrected chi connectivity index (χ0v) is 15.8. The van der Waals surface area contributed by atoms with Crippen molar-refractivity contribution in [2.45, 2.75) is 31.9 Å². The monoisotopic (exact) mass is 382 g/mol. The van der Waals surface area contributed by atoms with Crippen molar-refractivity contribution in [3.8, 4) is 0 Å². The zero-order valence-electron chi connectivity index (χ0n) is 15.8. The summed E-state index contributed by atoms with van der Waals surface area (Å²) >= 11 is 0. The number of piperidine rings is 1. The van der Waals surface area contributed by atoms with Crippen molar-refractivity contribution in [1.29, 1.82) is 0 Å². The lowest BCUT2D eigenvalue weighted by Gasteiger charge is -2.32. The summed E-state index contributed by atoms with van der Waals surface area (Å²) in [5, 5.41) is 11.9. The predicted octanol–water partition coefficient (Wildman–Crippen LogP) is 3.32. The molecule has 2 aromatic carbocycles. The number of alkyl carbamates (subject to hydrolysis) is 1. The van der Waals surface area contributed by atoms with Crippen molar-refractivity contribution in [3.63, 3.8) is 0 Å². The molecule has 1 aliphatic heterocycles. The van der Waals surface area contributed by atoms with Crippen LogP contribution in [0.15, 0.2) is 54.6 Å². The summed E-state index contributed by atoms with van der Waals surface area (Å²) in [5.74, 6) is -0.900. The number of ether oxygens (including phenoxy) is 1. The van der Waals surface area contributed by atoms with Crippen LogP contribution in [0.5, 0.6) is 0 Å². The molecule has 0 aromatic heterocycles. The van der Waals surface area contributed by atoms with E-state index in [4.69, 9.17) is 9.84 Å². The van der Waals surface area contributed by atoms with Gasteiger partial charge in [0.2, 0.25) is 0 Å². The van der Waals surface area contributed by atoms with Gasteiger partial charge in [-0.15, -0.1) is 0 Å². The van der Waals surface area contributed by atoms with Crippen LogP contribution in [-0.4, -0.2) is 47.7 Å².